The summed E-state index contributed by atoms with van der Waals surface area (Å²) in [7, 11) is -2.55. The van der Waals surface area contributed by atoms with Crippen LogP contribution in [0.15, 0.2) is 71.6 Å². The first-order valence-electron chi connectivity index (χ1n) is 8.23. The van der Waals surface area contributed by atoms with Gasteiger partial charge in [-0.3, -0.25) is 0 Å². The Morgan fingerprint density at radius 1 is 0.800 bits per heavy atom. The molecule has 0 fully saturated rings. The van der Waals surface area contributed by atoms with Gasteiger partial charge in [-0.25, -0.2) is 8.42 Å². The highest BCUT2D eigenvalue weighted by molar-refractivity contribution is 7.72. The molecule has 4 heteroatoms. The number of nitrogens with one attached hydrogen (secondary N) is 1. The summed E-state index contributed by atoms with van der Waals surface area (Å²) in [4.78, 5) is 0.339. The van der Waals surface area contributed by atoms with Crippen molar-refractivity contribution in [1.29, 1.82) is 0 Å². The molecule has 0 unspecified atom stereocenters. The Kier molecular flexibility index (Phi) is 3.65. The number of rotatable bonds is 2. The van der Waals surface area contributed by atoms with Crippen LogP contribution in [-0.4, -0.2) is 8.42 Å². The maximum atomic E-state index is 11.1. The lowest BCUT2D eigenvalue weighted by Gasteiger charge is -2.37. The molecule has 1 aliphatic rings. The lowest BCUT2D eigenvalue weighted by Crippen LogP contribution is -2.26. The Morgan fingerprint density at radius 3 is 2.20 bits per heavy atom. The molecule has 0 aliphatic carbocycles. The van der Waals surface area contributed by atoms with Gasteiger partial charge in [0.25, 0.3) is 0 Å². The lowest BCUT2D eigenvalue weighted by molar-refractivity contribution is 0.614. The number of benzene rings is 3. The van der Waals surface area contributed by atoms with Crippen molar-refractivity contribution < 1.29 is 8.42 Å². The van der Waals surface area contributed by atoms with Gasteiger partial charge in [-0.2, -0.15) is 0 Å². The van der Waals surface area contributed by atoms with Crippen LogP contribution in [0.3, 0.4) is 0 Å². The van der Waals surface area contributed by atoms with E-state index in [1.165, 1.54) is 11.1 Å². The first-order chi connectivity index (χ1) is 12.0. The van der Waals surface area contributed by atoms with E-state index in [2.05, 4.69) is 49.5 Å². The standard InChI is InChI=1S/C21H19NO2S/c1-21(2)17-7-3-4-8-18(17)22-19-9-5-6-16(20(19)21)14-10-12-15(13-11-14)25(23)24/h3-13,22,25H,1-2H3. The van der Waals surface area contributed by atoms with Gasteiger partial charge in [-0.15, -0.1) is 0 Å². The van der Waals surface area contributed by atoms with Crippen LogP contribution in [0.4, 0.5) is 11.4 Å². The highest BCUT2D eigenvalue weighted by Gasteiger charge is 2.34. The van der Waals surface area contributed by atoms with Crippen molar-refractivity contribution in [2.45, 2.75) is 24.2 Å². The zero-order valence-corrected chi connectivity index (χ0v) is 15.0. The summed E-state index contributed by atoms with van der Waals surface area (Å²) in [6.07, 6.45) is 0. The fraction of sp³-hybridized carbons (Fsp3) is 0.143. The molecule has 0 aromatic heterocycles. The summed E-state index contributed by atoms with van der Waals surface area (Å²) in [6.45, 7) is 4.47. The molecule has 0 atom stereocenters. The molecule has 3 aromatic carbocycles. The Morgan fingerprint density at radius 2 is 1.48 bits per heavy atom. The molecule has 0 radical (unpaired) electrons. The van der Waals surface area contributed by atoms with E-state index < -0.39 is 10.7 Å². The molecule has 0 saturated carbocycles. The van der Waals surface area contributed by atoms with Crippen molar-refractivity contribution >= 4 is 22.1 Å². The highest BCUT2D eigenvalue weighted by atomic mass is 32.2. The van der Waals surface area contributed by atoms with Gasteiger partial charge in [0, 0.05) is 16.8 Å². The Hall–Kier alpha value is -2.59. The van der Waals surface area contributed by atoms with Crippen LogP contribution in [0.5, 0.6) is 0 Å². The monoisotopic (exact) mass is 349 g/mol. The van der Waals surface area contributed by atoms with E-state index in [-0.39, 0.29) is 5.41 Å². The van der Waals surface area contributed by atoms with Crippen LogP contribution in [0, 0.1) is 0 Å². The first-order valence-corrected chi connectivity index (χ1v) is 9.41. The van der Waals surface area contributed by atoms with Gasteiger partial charge in [-0.05, 0) is 46.5 Å². The van der Waals surface area contributed by atoms with Gasteiger partial charge >= 0.3 is 0 Å². The molecule has 1 N–H and O–H groups in total. The van der Waals surface area contributed by atoms with Crippen LogP contribution >= 0.6 is 0 Å². The fourth-order valence-corrected chi connectivity index (χ4v) is 4.14. The van der Waals surface area contributed by atoms with Gasteiger partial charge in [0.2, 0.25) is 0 Å². The molecule has 3 aromatic rings. The number of hydrogen-bond acceptors (Lipinski definition) is 3. The van der Waals surface area contributed by atoms with Crippen LogP contribution in [-0.2, 0) is 16.1 Å². The molecule has 0 amide bonds. The molecule has 0 bridgehead atoms. The number of para-hydroxylation sites is 1. The van der Waals surface area contributed by atoms with Gasteiger partial charge < -0.3 is 5.32 Å². The van der Waals surface area contributed by atoms with Crippen molar-refractivity contribution in [2.75, 3.05) is 5.32 Å². The molecule has 3 nitrogen and oxygen atoms in total. The summed E-state index contributed by atoms with van der Waals surface area (Å²) < 4.78 is 22.3. The zero-order valence-electron chi connectivity index (χ0n) is 14.1. The van der Waals surface area contributed by atoms with Crippen molar-refractivity contribution in [3.05, 3.63) is 77.9 Å². The van der Waals surface area contributed by atoms with Crippen molar-refractivity contribution in [2.24, 2.45) is 0 Å². The minimum absolute atomic E-state index is 0.157. The van der Waals surface area contributed by atoms with Crippen LogP contribution in [0.1, 0.15) is 25.0 Å². The largest absolute Gasteiger partial charge is 0.355 e. The van der Waals surface area contributed by atoms with Gasteiger partial charge in [-0.1, -0.05) is 56.3 Å². The minimum atomic E-state index is -2.55. The van der Waals surface area contributed by atoms with E-state index in [1.807, 2.05) is 24.3 Å². The molecule has 25 heavy (non-hydrogen) atoms. The second-order valence-electron chi connectivity index (χ2n) is 6.83. The third kappa shape index (κ3) is 2.53. The SMILES string of the molecule is CC1(C)c2ccccc2Nc2cccc(-c3ccc([SH](=O)=O)cc3)c21. The third-order valence-corrected chi connectivity index (χ3v) is 5.67. The van der Waals surface area contributed by atoms with Gasteiger partial charge in [0.1, 0.15) is 0 Å². The quantitative estimate of drug-likeness (QED) is 0.659. The number of thiol groups is 1. The number of hydrogen-bond donors (Lipinski definition) is 2. The van der Waals surface area contributed by atoms with E-state index in [4.69, 9.17) is 0 Å². The molecular weight excluding hydrogens is 330 g/mol. The lowest BCUT2D eigenvalue weighted by atomic mass is 9.71. The predicted octanol–water partition coefficient (Wildman–Crippen LogP) is 4.71. The Bertz CT molecular complexity index is 1030. The van der Waals surface area contributed by atoms with E-state index >= 15 is 0 Å². The highest BCUT2D eigenvalue weighted by Crippen LogP contribution is 2.48. The van der Waals surface area contributed by atoms with E-state index in [1.54, 1.807) is 12.1 Å². The predicted molar refractivity (Wildman–Crippen MR) is 102 cm³/mol. The summed E-state index contributed by atoms with van der Waals surface area (Å²) in [5.41, 5.74) is 6.71. The zero-order chi connectivity index (χ0) is 17.6. The Balaban J connectivity index is 1.92. The topological polar surface area (TPSA) is 46.2 Å². The van der Waals surface area contributed by atoms with Gasteiger partial charge in [0.15, 0.2) is 10.7 Å². The summed E-state index contributed by atoms with van der Waals surface area (Å²) in [5.74, 6) is 0. The molecule has 1 aliphatic heterocycles. The molecule has 126 valence electrons. The van der Waals surface area contributed by atoms with Crippen LogP contribution < -0.4 is 5.32 Å². The first kappa shape index (κ1) is 15.9. The Labute approximate surface area is 149 Å². The number of anilines is 2. The molecule has 4 rings (SSSR count). The van der Waals surface area contributed by atoms with Crippen LogP contribution in [0.25, 0.3) is 11.1 Å². The average Bonchev–Trinajstić information content (AvgIpc) is 2.61. The smallest absolute Gasteiger partial charge is 0.168 e. The maximum Gasteiger partial charge on any atom is 0.168 e. The molecule has 1 heterocycles. The minimum Gasteiger partial charge on any atom is -0.355 e. The van der Waals surface area contributed by atoms with Crippen molar-refractivity contribution in [1.82, 2.24) is 0 Å². The molecular formula is C21H19NO2S. The van der Waals surface area contributed by atoms with E-state index in [9.17, 15) is 8.42 Å². The van der Waals surface area contributed by atoms with E-state index in [0.717, 1.165) is 22.5 Å². The van der Waals surface area contributed by atoms with Crippen molar-refractivity contribution in [3.8, 4) is 11.1 Å². The summed E-state index contributed by atoms with van der Waals surface area (Å²) in [6, 6.07) is 21.7. The van der Waals surface area contributed by atoms with Gasteiger partial charge in [0.05, 0.1) is 4.90 Å². The average molecular weight is 349 g/mol. The molecule has 0 saturated heterocycles. The van der Waals surface area contributed by atoms with Crippen molar-refractivity contribution in [3.63, 3.8) is 0 Å². The fourth-order valence-electron chi connectivity index (χ4n) is 3.75. The molecule has 0 spiro atoms. The summed E-state index contributed by atoms with van der Waals surface area (Å²) >= 11 is 0. The van der Waals surface area contributed by atoms with E-state index in [0.29, 0.717) is 4.90 Å². The second-order valence-corrected chi connectivity index (χ2v) is 7.86. The summed E-state index contributed by atoms with van der Waals surface area (Å²) in [5, 5.41) is 3.54. The number of fused-ring (bicyclic) bond motifs is 2. The third-order valence-electron chi connectivity index (χ3n) is 4.95. The normalized spacial score (nSPS) is 14.5. The van der Waals surface area contributed by atoms with Crippen LogP contribution in [0.2, 0.25) is 0 Å². The second kappa shape index (κ2) is 5.74. The maximum absolute atomic E-state index is 11.1.